The summed E-state index contributed by atoms with van der Waals surface area (Å²) >= 11 is 0. The first-order valence-corrected chi connectivity index (χ1v) is 13.1. The Morgan fingerprint density at radius 3 is 2.45 bits per heavy atom. The molecule has 0 aromatic heterocycles. The fraction of sp³-hybridized carbons (Fsp3) is 0.963. The van der Waals surface area contributed by atoms with Crippen LogP contribution in [0.5, 0.6) is 0 Å². The second kappa shape index (κ2) is 8.97. The molecule has 0 spiro atoms. The molecular formula is C27H47NO3. The normalized spacial score (nSPS) is 45.4. The highest BCUT2D eigenvalue weighted by molar-refractivity contribution is 5.74. The maximum atomic E-state index is 12.3. The summed E-state index contributed by atoms with van der Waals surface area (Å²) in [6.45, 7) is 7.65. The van der Waals surface area contributed by atoms with E-state index in [1.807, 2.05) is 7.11 Å². The largest absolute Gasteiger partial charge is 0.381 e. The van der Waals surface area contributed by atoms with Crippen molar-refractivity contribution in [3.05, 3.63) is 0 Å². The standard InChI is InChI=1S/C27H47NO3/c1-18(10-13-25(29)28(4)31-6)20-11-12-21-19-17-24(30-5)23-9-7-8-15-26(23,2)22(19)14-16-27(20,21)3/h18-24H,7-17H2,1-6H3/t18?,19?,20?,21?,22?,23-,24-,26?,27?/m0/s1. The van der Waals surface area contributed by atoms with Gasteiger partial charge in [0.05, 0.1) is 13.2 Å². The van der Waals surface area contributed by atoms with E-state index in [4.69, 9.17) is 9.57 Å². The monoisotopic (exact) mass is 433 g/mol. The molecule has 0 aromatic rings. The summed E-state index contributed by atoms with van der Waals surface area (Å²) in [6.07, 6.45) is 14.5. The number of ether oxygens (including phenoxy) is 1. The van der Waals surface area contributed by atoms with Gasteiger partial charge in [0.2, 0.25) is 5.91 Å². The smallest absolute Gasteiger partial charge is 0.245 e. The summed E-state index contributed by atoms with van der Waals surface area (Å²) in [6, 6.07) is 0. The predicted molar refractivity (Wildman–Crippen MR) is 124 cm³/mol. The molecule has 0 heterocycles. The van der Waals surface area contributed by atoms with Crippen LogP contribution >= 0.6 is 0 Å². The number of hydrogen-bond donors (Lipinski definition) is 0. The highest BCUT2D eigenvalue weighted by Crippen LogP contribution is 2.68. The molecule has 0 aromatic carbocycles. The Morgan fingerprint density at radius 1 is 1.00 bits per heavy atom. The summed E-state index contributed by atoms with van der Waals surface area (Å²) in [4.78, 5) is 17.3. The molecule has 4 aliphatic carbocycles. The van der Waals surface area contributed by atoms with Gasteiger partial charge < -0.3 is 4.74 Å². The quantitative estimate of drug-likeness (QED) is 0.475. The second-order valence-corrected chi connectivity index (χ2v) is 12.1. The summed E-state index contributed by atoms with van der Waals surface area (Å²) < 4.78 is 6.17. The van der Waals surface area contributed by atoms with Crippen molar-refractivity contribution in [3.63, 3.8) is 0 Å². The summed E-state index contributed by atoms with van der Waals surface area (Å²) in [5.74, 6) is 4.79. The van der Waals surface area contributed by atoms with Gasteiger partial charge in [-0.15, -0.1) is 0 Å². The molecule has 4 aliphatic rings. The van der Waals surface area contributed by atoms with Crippen molar-refractivity contribution in [2.75, 3.05) is 21.3 Å². The van der Waals surface area contributed by atoms with Gasteiger partial charge >= 0.3 is 0 Å². The number of amides is 1. The number of carbonyl (C=O) groups excluding carboxylic acids is 1. The fourth-order valence-electron chi connectivity index (χ4n) is 9.37. The summed E-state index contributed by atoms with van der Waals surface area (Å²) in [7, 11) is 5.25. The first-order valence-electron chi connectivity index (χ1n) is 13.1. The van der Waals surface area contributed by atoms with Crippen molar-refractivity contribution in [1.29, 1.82) is 0 Å². The molecule has 4 rings (SSSR count). The predicted octanol–water partition coefficient (Wildman–Crippen LogP) is 6.10. The lowest BCUT2D eigenvalue weighted by atomic mass is 9.44. The van der Waals surface area contributed by atoms with Gasteiger partial charge in [-0.1, -0.05) is 33.6 Å². The molecular weight excluding hydrogens is 386 g/mol. The molecule has 31 heavy (non-hydrogen) atoms. The number of methoxy groups -OCH3 is 1. The Bertz CT molecular complexity index is 652. The molecule has 7 unspecified atom stereocenters. The van der Waals surface area contributed by atoms with Crippen molar-refractivity contribution >= 4 is 5.91 Å². The minimum absolute atomic E-state index is 0.101. The average molecular weight is 434 g/mol. The van der Waals surface area contributed by atoms with E-state index in [0.717, 1.165) is 36.0 Å². The third-order valence-corrected chi connectivity index (χ3v) is 11.1. The molecule has 0 radical (unpaired) electrons. The lowest BCUT2D eigenvalue weighted by Crippen LogP contribution is -2.57. The van der Waals surface area contributed by atoms with Crippen LogP contribution in [0.25, 0.3) is 0 Å². The number of nitrogens with zero attached hydrogens (tertiary/aromatic N) is 1. The second-order valence-electron chi connectivity index (χ2n) is 12.1. The first-order chi connectivity index (χ1) is 14.8. The number of fused-ring (bicyclic) bond motifs is 5. The molecule has 0 aliphatic heterocycles. The zero-order valence-corrected chi connectivity index (χ0v) is 21.0. The van der Waals surface area contributed by atoms with Crippen molar-refractivity contribution in [3.8, 4) is 0 Å². The summed E-state index contributed by atoms with van der Waals surface area (Å²) in [5, 5.41) is 1.38. The van der Waals surface area contributed by atoms with Crippen molar-refractivity contribution in [1.82, 2.24) is 5.06 Å². The lowest BCUT2D eigenvalue weighted by Gasteiger charge is -2.62. The molecule has 4 saturated carbocycles. The van der Waals surface area contributed by atoms with E-state index in [-0.39, 0.29) is 5.91 Å². The van der Waals surface area contributed by atoms with Crippen LogP contribution in [0.4, 0.5) is 0 Å². The van der Waals surface area contributed by atoms with Crippen molar-refractivity contribution in [2.24, 2.45) is 46.3 Å². The van der Waals surface area contributed by atoms with Crippen LogP contribution in [-0.2, 0) is 14.4 Å². The van der Waals surface area contributed by atoms with Crippen LogP contribution in [-0.4, -0.2) is 38.3 Å². The Labute approximate surface area is 190 Å². The van der Waals surface area contributed by atoms with E-state index in [1.165, 1.54) is 62.9 Å². The number of hydrogen-bond acceptors (Lipinski definition) is 3. The minimum atomic E-state index is 0.101. The Kier molecular flexibility index (Phi) is 6.81. The number of rotatable bonds is 6. The van der Waals surface area contributed by atoms with Crippen LogP contribution in [0.15, 0.2) is 0 Å². The van der Waals surface area contributed by atoms with Crippen LogP contribution in [0.3, 0.4) is 0 Å². The van der Waals surface area contributed by atoms with Gasteiger partial charge in [0.25, 0.3) is 0 Å². The van der Waals surface area contributed by atoms with Crippen LogP contribution in [0.1, 0.15) is 91.4 Å². The Morgan fingerprint density at radius 2 is 1.74 bits per heavy atom. The maximum Gasteiger partial charge on any atom is 0.245 e. The van der Waals surface area contributed by atoms with E-state index in [9.17, 15) is 4.79 Å². The molecule has 0 N–H and O–H groups in total. The van der Waals surface area contributed by atoms with E-state index in [0.29, 0.717) is 29.3 Å². The van der Waals surface area contributed by atoms with Gasteiger partial charge in [0.15, 0.2) is 0 Å². The van der Waals surface area contributed by atoms with Gasteiger partial charge in [0, 0.05) is 20.6 Å². The van der Waals surface area contributed by atoms with E-state index >= 15 is 0 Å². The van der Waals surface area contributed by atoms with E-state index < -0.39 is 0 Å². The van der Waals surface area contributed by atoms with Crippen LogP contribution in [0, 0.1) is 46.3 Å². The Balaban J connectivity index is 1.49. The third kappa shape index (κ3) is 3.88. The zero-order valence-electron chi connectivity index (χ0n) is 21.0. The minimum Gasteiger partial charge on any atom is -0.381 e. The Hall–Kier alpha value is -0.610. The van der Waals surface area contributed by atoms with Gasteiger partial charge in [-0.05, 0) is 97.7 Å². The van der Waals surface area contributed by atoms with Gasteiger partial charge in [-0.2, -0.15) is 0 Å². The number of hydroxylamine groups is 2. The van der Waals surface area contributed by atoms with Crippen LogP contribution in [0.2, 0.25) is 0 Å². The average Bonchev–Trinajstić information content (AvgIpc) is 3.13. The highest BCUT2D eigenvalue weighted by Gasteiger charge is 2.62. The molecule has 4 heteroatoms. The van der Waals surface area contributed by atoms with Gasteiger partial charge in [0.1, 0.15) is 0 Å². The molecule has 4 nitrogen and oxygen atoms in total. The zero-order chi connectivity index (χ0) is 22.4. The SMILES string of the molecule is CO[C@H]1CC2C3CCC(C(C)CCC(=O)N(C)OC)C3(C)CCC2C2(C)CCCC[C@@H]12. The van der Waals surface area contributed by atoms with Crippen molar-refractivity contribution < 1.29 is 14.4 Å². The fourth-order valence-corrected chi connectivity index (χ4v) is 9.37. The molecule has 0 saturated heterocycles. The summed E-state index contributed by atoms with van der Waals surface area (Å²) in [5.41, 5.74) is 0.928. The molecule has 1 amide bonds. The number of carbonyl (C=O) groups is 1. The lowest BCUT2D eigenvalue weighted by molar-refractivity contribution is -0.170. The van der Waals surface area contributed by atoms with E-state index in [1.54, 1.807) is 14.2 Å². The van der Waals surface area contributed by atoms with Gasteiger partial charge in [-0.3, -0.25) is 9.63 Å². The van der Waals surface area contributed by atoms with E-state index in [2.05, 4.69) is 20.8 Å². The molecule has 9 atom stereocenters. The van der Waals surface area contributed by atoms with Crippen molar-refractivity contribution in [2.45, 2.75) is 97.5 Å². The van der Waals surface area contributed by atoms with Gasteiger partial charge in [-0.25, -0.2) is 5.06 Å². The molecule has 0 bridgehead atoms. The first kappa shape index (κ1) is 23.5. The topological polar surface area (TPSA) is 38.8 Å². The highest BCUT2D eigenvalue weighted by atomic mass is 16.7. The molecule has 4 fully saturated rings. The molecule has 178 valence electrons. The maximum absolute atomic E-state index is 12.3. The third-order valence-electron chi connectivity index (χ3n) is 11.1. The van der Waals surface area contributed by atoms with Crippen LogP contribution < -0.4 is 0 Å².